The highest BCUT2D eigenvalue weighted by Gasteiger charge is 2.19. The molecule has 0 bridgehead atoms. The summed E-state index contributed by atoms with van der Waals surface area (Å²) in [5.74, 6) is 0.842. The van der Waals surface area contributed by atoms with Crippen molar-refractivity contribution in [2.75, 3.05) is 19.8 Å². The molecule has 2 rings (SSSR count). The summed E-state index contributed by atoms with van der Waals surface area (Å²) < 4.78 is 41.8. The first kappa shape index (κ1) is 25.5. The molecule has 2 aromatic carbocycles. The first-order valence-electron chi connectivity index (χ1n) is 10.9. The molecule has 1 amide bonds. The van der Waals surface area contributed by atoms with E-state index < -0.39 is 15.9 Å². The Kier molecular flexibility index (Phi) is 10.3. The van der Waals surface area contributed by atoms with Gasteiger partial charge in [-0.2, -0.15) is 0 Å². The molecule has 0 heterocycles. The highest BCUT2D eigenvalue weighted by molar-refractivity contribution is 7.89. The van der Waals surface area contributed by atoms with Gasteiger partial charge in [-0.1, -0.05) is 26.2 Å². The van der Waals surface area contributed by atoms with Gasteiger partial charge in [0.15, 0.2) is 11.5 Å². The molecule has 2 N–H and O–H groups in total. The number of rotatable bonds is 14. The second-order valence-electron chi connectivity index (χ2n) is 6.97. The Morgan fingerprint density at radius 2 is 1.53 bits per heavy atom. The van der Waals surface area contributed by atoms with Crippen LogP contribution in [0, 0.1) is 0 Å². The molecule has 0 aromatic heterocycles. The van der Waals surface area contributed by atoms with Crippen molar-refractivity contribution in [3.8, 4) is 17.2 Å². The zero-order valence-electron chi connectivity index (χ0n) is 18.8. The quantitative estimate of drug-likeness (QED) is 0.323. The molecule has 9 heteroatoms. The van der Waals surface area contributed by atoms with Gasteiger partial charge in [-0.15, -0.1) is 4.83 Å². The Morgan fingerprint density at radius 1 is 0.844 bits per heavy atom. The summed E-state index contributed by atoms with van der Waals surface area (Å²) in [6, 6.07) is 10.8. The second-order valence-corrected chi connectivity index (χ2v) is 8.65. The van der Waals surface area contributed by atoms with Gasteiger partial charge >= 0.3 is 0 Å². The van der Waals surface area contributed by atoms with E-state index in [0.29, 0.717) is 42.6 Å². The summed E-state index contributed by atoms with van der Waals surface area (Å²) in [6.07, 6.45) is 4.45. The number of hydrogen-bond acceptors (Lipinski definition) is 6. The van der Waals surface area contributed by atoms with Gasteiger partial charge < -0.3 is 14.2 Å². The number of sulfonamides is 1. The summed E-state index contributed by atoms with van der Waals surface area (Å²) in [5.41, 5.74) is 2.52. The van der Waals surface area contributed by atoms with Gasteiger partial charge in [0.1, 0.15) is 5.75 Å². The Morgan fingerprint density at radius 3 is 2.19 bits per heavy atom. The normalized spacial score (nSPS) is 11.1. The largest absolute Gasteiger partial charge is 0.494 e. The van der Waals surface area contributed by atoms with Crippen LogP contribution in [0.3, 0.4) is 0 Å². The van der Waals surface area contributed by atoms with E-state index in [-0.39, 0.29) is 4.90 Å². The van der Waals surface area contributed by atoms with Crippen molar-refractivity contribution >= 4 is 15.9 Å². The predicted octanol–water partition coefficient (Wildman–Crippen LogP) is 4.07. The molecule has 0 aliphatic rings. The van der Waals surface area contributed by atoms with Gasteiger partial charge in [0, 0.05) is 11.6 Å². The van der Waals surface area contributed by atoms with E-state index >= 15 is 0 Å². The SMILES string of the molecule is CCCCCCOc1ccc(C(=O)NNS(=O)(=O)c2ccc(OCC)c(OCC)c2)cc1. The zero-order valence-corrected chi connectivity index (χ0v) is 19.7. The molecule has 32 heavy (non-hydrogen) atoms. The van der Waals surface area contributed by atoms with E-state index in [1.54, 1.807) is 31.2 Å². The third-order valence-electron chi connectivity index (χ3n) is 4.51. The Labute approximate surface area is 190 Å². The van der Waals surface area contributed by atoms with Crippen molar-refractivity contribution in [3.05, 3.63) is 48.0 Å². The van der Waals surface area contributed by atoms with Gasteiger partial charge in [0.25, 0.3) is 15.9 Å². The summed E-state index contributed by atoms with van der Waals surface area (Å²) in [5, 5.41) is 0. The van der Waals surface area contributed by atoms with E-state index in [2.05, 4.69) is 17.2 Å². The Bertz CT molecular complexity index is 961. The molecule has 0 aliphatic carbocycles. The maximum atomic E-state index is 12.6. The molecule has 0 saturated heterocycles. The minimum atomic E-state index is -4.01. The molecule has 0 aliphatic heterocycles. The zero-order chi connectivity index (χ0) is 23.4. The Hall–Kier alpha value is -2.78. The summed E-state index contributed by atoms with van der Waals surface area (Å²) >= 11 is 0. The van der Waals surface area contributed by atoms with E-state index in [9.17, 15) is 13.2 Å². The predicted molar refractivity (Wildman–Crippen MR) is 123 cm³/mol. The van der Waals surface area contributed by atoms with Gasteiger partial charge in [-0.3, -0.25) is 10.2 Å². The lowest BCUT2D eigenvalue weighted by Gasteiger charge is -2.13. The van der Waals surface area contributed by atoms with Gasteiger partial charge in [-0.25, -0.2) is 8.42 Å². The number of amides is 1. The highest BCUT2D eigenvalue weighted by atomic mass is 32.2. The first-order chi connectivity index (χ1) is 15.4. The number of nitrogens with one attached hydrogen (secondary N) is 2. The lowest BCUT2D eigenvalue weighted by atomic mass is 10.2. The molecule has 0 unspecified atom stereocenters. The third-order valence-corrected chi connectivity index (χ3v) is 5.75. The minimum absolute atomic E-state index is 0.0588. The van der Waals surface area contributed by atoms with Crippen LogP contribution in [0.2, 0.25) is 0 Å². The number of ether oxygens (including phenoxy) is 3. The molecule has 0 fully saturated rings. The summed E-state index contributed by atoms with van der Waals surface area (Å²) in [6.45, 7) is 7.16. The molecule has 0 radical (unpaired) electrons. The van der Waals surface area contributed by atoms with Crippen molar-refractivity contribution in [2.45, 2.75) is 51.3 Å². The second kappa shape index (κ2) is 12.9. The number of carbonyl (C=O) groups is 1. The number of carbonyl (C=O) groups excluding carboxylic acids is 1. The van der Waals surface area contributed by atoms with E-state index in [1.165, 1.54) is 31.0 Å². The van der Waals surface area contributed by atoms with Crippen molar-refractivity contribution in [1.29, 1.82) is 0 Å². The molecule has 2 aromatic rings. The fourth-order valence-corrected chi connectivity index (χ4v) is 3.72. The van der Waals surface area contributed by atoms with Crippen LogP contribution in [0.4, 0.5) is 0 Å². The maximum Gasteiger partial charge on any atom is 0.266 e. The monoisotopic (exact) mass is 464 g/mol. The Balaban J connectivity index is 1.95. The van der Waals surface area contributed by atoms with Crippen LogP contribution in [-0.2, 0) is 10.0 Å². The average Bonchev–Trinajstić information content (AvgIpc) is 2.79. The van der Waals surface area contributed by atoms with Gasteiger partial charge in [0.05, 0.1) is 24.7 Å². The van der Waals surface area contributed by atoms with Crippen molar-refractivity contribution < 1.29 is 27.4 Å². The van der Waals surface area contributed by atoms with Crippen LogP contribution < -0.4 is 24.5 Å². The van der Waals surface area contributed by atoms with Crippen molar-refractivity contribution in [2.24, 2.45) is 0 Å². The van der Waals surface area contributed by atoms with E-state index in [0.717, 1.165) is 12.8 Å². The fraction of sp³-hybridized carbons (Fsp3) is 0.435. The lowest BCUT2D eigenvalue weighted by molar-refractivity contribution is 0.0945. The number of hydrazine groups is 1. The summed E-state index contributed by atoms with van der Waals surface area (Å²) in [7, 11) is -4.01. The van der Waals surface area contributed by atoms with Crippen LogP contribution >= 0.6 is 0 Å². The van der Waals surface area contributed by atoms with Crippen molar-refractivity contribution in [3.63, 3.8) is 0 Å². The number of hydrogen-bond donors (Lipinski definition) is 2. The topological polar surface area (TPSA) is 103 Å². The maximum absolute atomic E-state index is 12.6. The minimum Gasteiger partial charge on any atom is -0.494 e. The highest BCUT2D eigenvalue weighted by Crippen LogP contribution is 2.30. The van der Waals surface area contributed by atoms with Crippen LogP contribution in [0.5, 0.6) is 17.2 Å². The van der Waals surface area contributed by atoms with Crippen LogP contribution in [0.15, 0.2) is 47.4 Å². The first-order valence-corrected chi connectivity index (χ1v) is 12.3. The molecule has 0 spiro atoms. The molecule has 0 atom stereocenters. The number of unbranched alkanes of at least 4 members (excludes halogenated alkanes) is 3. The van der Waals surface area contributed by atoms with E-state index in [1.807, 2.05) is 6.92 Å². The van der Waals surface area contributed by atoms with Crippen LogP contribution in [0.1, 0.15) is 56.8 Å². The van der Waals surface area contributed by atoms with Crippen molar-refractivity contribution in [1.82, 2.24) is 10.3 Å². The van der Waals surface area contributed by atoms with Crippen LogP contribution in [0.25, 0.3) is 0 Å². The standard InChI is InChI=1S/C23H32N2O6S/c1-4-7-8-9-16-31-19-12-10-18(11-13-19)23(26)24-25-32(27,28)20-14-15-21(29-5-2)22(17-20)30-6-3/h10-15,17,25H,4-9,16H2,1-3H3,(H,24,26). The van der Waals surface area contributed by atoms with E-state index in [4.69, 9.17) is 14.2 Å². The van der Waals surface area contributed by atoms with Crippen LogP contribution in [-0.4, -0.2) is 34.1 Å². The molecule has 8 nitrogen and oxygen atoms in total. The fourth-order valence-electron chi connectivity index (χ4n) is 2.86. The number of benzene rings is 2. The summed E-state index contributed by atoms with van der Waals surface area (Å²) in [4.78, 5) is 14.4. The smallest absolute Gasteiger partial charge is 0.266 e. The average molecular weight is 465 g/mol. The molecule has 0 saturated carbocycles. The molecule has 176 valence electrons. The third kappa shape index (κ3) is 7.72. The van der Waals surface area contributed by atoms with Gasteiger partial charge in [0.2, 0.25) is 0 Å². The molecular weight excluding hydrogens is 432 g/mol. The molecular formula is C23H32N2O6S. The van der Waals surface area contributed by atoms with Gasteiger partial charge in [-0.05, 0) is 56.7 Å². The lowest BCUT2D eigenvalue weighted by Crippen LogP contribution is -2.41.